The molecule has 0 aliphatic carbocycles. The zero-order valence-electron chi connectivity index (χ0n) is 11.3. The van der Waals surface area contributed by atoms with Gasteiger partial charge >= 0.3 is 0 Å². The summed E-state index contributed by atoms with van der Waals surface area (Å²) in [5.41, 5.74) is 0. The van der Waals surface area contributed by atoms with E-state index in [1.54, 1.807) is 17.3 Å². The van der Waals surface area contributed by atoms with Crippen LogP contribution in [0.2, 0.25) is 0 Å². The molecule has 0 aliphatic rings. The number of imidazole rings is 1. The van der Waals surface area contributed by atoms with Gasteiger partial charge in [0.2, 0.25) is 5.91 Å². The molecule has 2 N–H and O–H groups in total. The standard InChI is InChI=1S/C12H22N4O2/c1-4-10(15(2)3)12(18)16(7-8-17)9-11-13-5-6-14-11/h5-6,10,17H,4,7-9H2,1-3H3,(H,13,14). The third kappa shape index (κ3) is 3.82. The van der Waals surface area contributed by atoms with Crippen LogP contribution >= 0.6 is 0 Å². The Balaban J connectivity index is 2.73. The summed E-state index contributed by atoms with van der Waals surface area (Å²) in [6.45, 7) is 2.66. The average molecular weight is 254 g/mol. The molecule has 1 rings (SSSR count). The van der Waals surface area contributed by atoms with E-state index in [2.05, 4.69) is 9.97 Å². The van der Waals surface area contributed by atoms with Crippen molar-refractivity contribution in [3.8, 4) is 0 Å². The molecule has 6 nitrogen and oxygen atoms in total. The van der Waals surface area contributed by atoms with Crippen molar-refractivity contribution in [1.29, 1.82) is 0 Å². The fourth-order valence-electron chi connectivity index (χ4n) is 1.92. The van der Waals surface area contributed by atoms with Gasteiger partial charge in [-0.25, -0.2) is 4.98 Å². The first kappa shape index (κ1) is 14.7. The molecule has 1 atom stereocenters. The molecule has 102 valence electrons. The van der Waals surface area contributed by atoms with Crippen molar-refractivity contribution in [3.05, 3.63) is 18.2 Å². The van der Waals surface area contributed by atoms with E-state index in [9.17, 15) is 4.79 Å². The number of amides is 1. The predicted octanol–water partition coefficient (Wildman–Crippen LogP) is 0.0708. The van der Waals surface area contributed by atoms with Gasteiger partial charge in [-0.2, -0.15) is 0 Å². The largest absolute Gasteiger partial charge is 0.395 e. The molecule has 1 unspecified atom stereocenters. The highest BCUT2D eigenvalue weighted by Gasteiger charge is 2.24. The minimum atomic E-state index is -0.161. The molecule has 1 aromatic heterocycles. The van der Waals surface area contributed by atoms with Gasteiger partial charge in [0.1, 0.15) is 5.82 Å². The molecule has 1 heterocycles. The van der Waals surface area contributed by atoms with Crippen molar-refractivity contribution in [3.63, 3.8) is 0 Å². The lowest BCUT2D eigenvalue weighted by molar-refractivity contribution is -0.137. The number of hydrogen-bond donors (Lipinski definition) is 2. The van der Waals surface area contributed by atoms with Gasteiger partial charge in [-0.15, -0.1) is 0 Å². The Kier molecular flexibility index (Phi) is 5.80. The smallest absolute Gasteiger partial charge is 0.240 e. The number of rotatable bonds is 7. The number of carbonyl (C=O) groups is 1. The van der Waals surface area contributed by atoms with Crippen molar-refractivity contribution in [2.24, 2.45) is 0 Å². The number of likely N-dealkylation sites (N-methyl/N-ethyl adjacent to an activating group) is 1. The second-order valence-corrected chi connectivity index (χ2v) is 4.41. The molecule has 0 aliphatic heterocycles. The van der Waals surface area contributed by atoms with Crippen LogP contribution in [0.25, 0.3) is 0 Å². The maximum Gasteiger partial charge on any atom is 0.240 e. The lowest BCUT2D eigenvalue weighted by Crippen LogP contribution is -2.46. The molecule has 1 amide bonds. The Hall–Kier alpha value is -1.40. The number of aliphatic hydroxyl groups excluding tert-OH is 1. The second-order valence-electron chi connectivity index (χ2n) is 4.41. The van der Waals surface area contributed by atoms with Crippen LogP contribution in [-0.2, 0) is 11.3 Å². The minimum absolute atomic E-state index is 0.0213. The molecule has 1 aromatic rings. The summed E-state index contributed by atoms with van der Waals surface area (Å²) in [5, 5.41) is 9.07. The summed E-state index contributed by atoms with van der Waals surface area (Å²) in [6.07, 6.45) is 4.12. The van der Waals surface area contributed by atoms with Gasteiger partial charge < -0.3 is 15.0 Å². The van der Waals surface area contributed by atoms with Crippen LogP contribution in [0.3, 0.4) is 0 Å². The summed E-state index contributed by atoms with van der Waals surface area (Å²) < 4.78 is 0. The first-order valence-electron chi connectivity index (χ1n) is 6.14. The highest BCUT2D eigenvalue weighted by Crippen LogP contribution is 2.07. The predicted molar refractivity (Wildman–Crippen MR) is 68.9 cm³/mol. The number of hydrogen-bond acceptors (Lipinski definition) is 4. The molecule has 6 heteroatoms. The lowest BCUT2D eigenvalue weighted by Gasteiger charge is -2.29. The van der Waals surface area contributed by atoms with Crippen LogP contribution in [0.4, 0.5) is 0 Å². The van der Waals surface area contributed by atoms with E-state index >= 15 is 0 Å². The lowest BCUT2D eigenvalue weighted by atomic mass is 10.1. The number of nitrogens with one attached hydrogen (secondary N) is 1. The quantitative estimate of drug-likeness (QED) is 0.722. The molecule has 0 radical (unpaired) electrons. The van der Waals surface area contributed by atoms with E-state index in [0.717, 1.165) is 12.2 Å². The summed E-state index contributed by atoms with van der Waals surface area (Å²) >= 11 is 0. The van der Waals surface area contributed by atoms with E-state index in [1.807, 2.05) is 25.9 Å². The molecule has 0 fully saturated rings. The van der Waals surface area contributed by atoms with Crippen molar-refractivity contribution in [2.45, 2.75) is 25.9 Å². The van der Waals surface area contributed by atoms with E-state index in [4.69, 9.17) is 5.11 Å². The summed E-state index contributed by atoms with van der Waals surface area (Å²) in [6, 6.07) is -0.161. The molecular formula is C12H22N4O2. The van der Waals surface area contributed by atoms with Crippen LogP contribution < -0.4 is 0 Å². The fraction of sp³-hybridized carbons (Fsp3) is 0.667. The van der Waals surface area contributed by atoms with Crippen LogP contribution in [0.5, 0.6) is 0 Å². The molecule has 0 saturated carbocycles. The van der Waals surface area contributed by atoms with Crippen molar-refractivity contribution < 1.29 is 9.90 Å². The topological polar surface area (TPSA) is 72.5 Å². The van der Waals surface area contributed by atoms with Gasteiger partial charge in [0.05, 0.1) is 19.2 Å². The van der Waals surface area contributed by atoms with Crippen molar-refractivity contribution in [2.75, 3.05) is 27.2 Å². The minimum Gasteiger partial charge on any atom is -0.395 e. The first-order valence-corrected chi connectivity index (χ1v) is 6.14. The third-order valence-corrected chi connectivity index (χ3v) is 2.87. The molecule has 0 spiro atoms. The van der Waals surface area contributed by atoms with Gasteiger partial charge in [-0.1, -0.05) is 6.92 Å². The third-order valence-electron chi connectivity index (χ3n) is 2.87. The maximum atomic E-state index is 12.4. The summed E-state index contributed by atoms with van der Waals surface area (Å²) in [4.78, 5) is 23.0. The normalized spacial score (nSPS) is 12.7. The molecule has 0 bridgehead atoms. The van der Waals surface area contributed by atoms with Crippen LogP contribution in [0, 0.1) is 0 Å². The molecule has 18 heavy (non-hydrogen) atoms. The number of aromatic amines is 1. The Morgan fingerprint density at radius 2 is 2.28 bits per heavy atom. The van der Waals surface area contributed by atoms with Crippen LogP contribution in [-0.4, -0.2) is 64.1 Å². The Bertz CT molecular complexity index is 351. The van der Waals surface area contributed by atoms with E-state index in [0.29, 0.717) is 13.1 Å². The van der Waals surface area contributed by atoms with Gasteiger partial charge in [-0.3, -0.25) is 9.69 Å². The van der Waals surface area contributed by atoms with E-state index in [-0.39, 0.29) is 18.6 Å². The zero-order valence-corrected chi connectivity index (χ0v) is 11.3. The SMILES string of the molecule is CCC(C(=O)N(CCO)Cc1ncc[nH]1)N(C)C. The van der Waals surface area contributed by atoms with Gasteiger partial charge in [0, 0.05) is 18.9 Å². The number of aromatic nitrogens is 2. The fourth-order valence-corrected chi connectivity index (χ4v) is 1.92. The number of nitrogens with zero attached hydrogens (tertiary/aromatic N) is 3. The average Bonchev–Trinajstić information content (AvgIpc) is 2.81. The first-order chi connectivity index (χ1) is 8.60. The Morgan fingerprint density at radius 3 is 2.72 bits per heavy atom. The van der Waals surface area contributed by atoms with Crippen LogP contribution in [0.15, 0.2) is 12.4 Å². The van der Waals surface area contributed by atoms with Gasteiger partial charge in [-0.05, 0) is 20.5 Å². The Morgan fingerprint density at radius 1 is 1.56 bits per heavy atom. The number of carbonyl (C=O) groups excluding carboxylic acids is 1. The van der Waals surface area contributed by atoms with Crippen LogP contribution in [0.1, 0.15) is 19.2 Å². The summed E-state index contributed by atoms with van der Waals surface area (Å²) in [5.74, 6) is 0.748. The van der Waals surface area contributed by atoms with Crippen molar-refractivity contribution >= 4 is 5.91 Å². The maximum absolute atomic E-state index is 12.4. The number of aliphatic hydroxyl groups is 1. The molecular weight excluding hydrogens is 232 g/mol. The van der Waals surface area contributed by atoms with E-state index in [1.165, 1.54) is 0 Å². The highest BCUT2D eigenvalue weighted by molar-refractivity contribution is 5.81. The molecule has 0 saturated heterocycles. The Labute approximate surface area is 108 Å². The van der Waals surface area contributed by atoms with Crippen molar-refractivity contribution in [1.82, 2.24) is 19.8 Å². The summed E-state index contributed by atoms with van der Waals surface area (Å²) in [7, 11) is 3.77. The van der Waals surface area contributed by atoms with Gasteiger partial charge in [0.25, 0.3) is 0 Å². The second kappa shape index (κ2) is 7.13. The zero-order chi connectivity index (χ0) is 13.5. The van der Waals surface area contributed by atoms with Gasteiger partial charge in [0.15, 0.2) is 0 Å². The van der Waals surface area contributed by atoms with E-state index < -0.39 is 0 Å². The number of H-pyrrole nitrogens is 1. The highest BCUT2D eigenvalue weighted by atomic mass is 16.3. The molecule has 0 aromatic carbocycles. The monoisotopic (exact) mass is 254 g/mol.